The molecule has 49 heavy (non-hydrogen) atoms. The molecule has 0 fully saturated rings. The van der Waals surface area contributed by atoms with Gasteiger partial charge in [-0.3, -0.25) is 0 Å². The van der Waals surface area contributed by atoms with Gasteiger partial charge in [0, 0.05) is 44.0 Å². The van der Waals surface area contributed by atoms with Crippen molar-refractivity contribution in [3.63, 3.8) is 0 Å². The third-order valence-electron chi connectivity index (χ3n) is 9.65. The maximum Gasteiger partial charge on any atom is 0.143 e. The Balaban J connectivity index is 1.35. The van der Waals surface area contributed by atoms with E-state index in [1.807, 2.05) is 24.3 Å². The smallest absolute Gasteiger partial charge is 0.143 e. The molecule has 0 aliphatic carbocycles. The Morgan fingerprint density at radius 3 is 1.61 bits per heavy atom. The Kier molecular flexibility index (Phi) is 6.18. The number of fused-ring (bicyclic) bond motifs is 7. The van der Waals surface area contributed by atoms with Gasteiger partial charge in [0.15, 0.2) is 0 Å². The number of furan rings is 2. The lowest BCUT2D eigenvalue weighted by Gasteiger charge is -2.30. The van der Waals surface area contributed by atoms with E-state index in [1.165, 1.54) is 0 Å². The molecule has 0 atom stereocenters. The second-order valence-corrected chi connectivity index (χ2v) is 12.5. The molecular weight excluding hydrogens is 599 g/mol. The summed E-state index contributed by atoms with van der Waals surface area (Å²) >= 11 is 0. The van der Waals surface area contributed by atoms with Crippen LogP contribution in [0.2, 0.25) is 0 Å². The van der Waals surface area contributed by atoms with Crippen LogP contribution in [0, 0.1) is 0 Å². The highest BCUT2D eigenvalue weighted by atomic mass is 16.3. The molecule has 0 aliphatic heterocycles. The van der Waals surface area contributed by atoms with Crippen LogP contribution in [-0.4, -0.2) is 0 Å². The van der Waals surface area contributed by atoms with E-state index in [0.717, 1.165) is 94.0 Å². The van der Waals surface area contributed by atoms with Crippen LogP contribution in [-0.2, 0) is 0 Å². The van der Waals surface area contributed by atoms with Crippen LogP contribution in [0.4, 0.5) is 17.1 Å². The fourth-order valence-electron chi connectivity index (χ4n) is 7.49. The lowest BCUT2D eigenvalue weighted by atomic mass is 9.88. The first-order chi connectivity index (χ1) is 24.3. The van der Waals surface area contributed by atoms with Gasteiger partial charge in [0.25, 0.3) is 0 Å². The van der Waals surface area contributed by atoms with E-state index in [1.54, 1.807) is 0 Å². The van der Waals surface area contributed by atoms with Crippen molar-refractivity contribution in [2.75, 3.05) is 4.90 Å². The second kappa shape index (κ2) is 11.0. The lowest BCUT2D eigenvalue weighted by Crippen LogP contribution is -2.11. The highest BCUT2D eigenvalue weighted by molar-refractivity contribution is 6.17. The third-order valence-corrected chi connectivity index (χ3v) is 9.65. The first-order valence-corrected chi connectivity index (χ1v) is 16.6. The maximum absolute atomic E-state index is 6.63. The molecule has 0 unspecified atom stereocenters. The normalized spacial score (nSPS) is 11.7. The summed E-state index contributed by atoms with van der Waals surface area (Å²) in [5, 5.41) is 6.77. The Morgan fingerprint density at radius 2 is 0.898 bits per heavy atom. The molecule has 0 bridgehead atoms. The Morgan fingerprint density at radius 1 is 0.347 bits per heavy atom. The first kappa shape index (κ1) is 27.5. The van der Waals surface area contributed by atoms with E-state index in [9.17, 15) is 0 Å². The molecule has 2 heterocycles. The van der Waals surface area contributed by atoms with Gasteiger partial charge < -0.3 is 13.7 Å². The van der Waals surface area contributed by atoms with Crippen LogP contribution in [0.25, 0.3) is 76.9 Å². The van der Waals surface area contributed by atoms with E-state index >= 15 is 0 Å². The fourth-order valence-corrected chi connectivity index (χ4v) is 7.49. The Bertz CT molecular complexity index is 2790. The lowest BCUT2D eigenvalue weighted by molar-refractivity contribution is 0.669. The van der Waals surface area contributed by atoms with Crippen LogP contribution in [0.5, 0.6) is 0 Å². The van der Waals surface area contributed by atoms with Crippen LogP contribution in [0.1, 0.15) is 0 Å². The first-order valence-electron chi connectivity index (χ1n) is 16.6. The van der Waals surface area contributed by atoms with Gasteiger partial charge in [0.1, 0.15) is 22.3 Å². The number of rotatable bonds is 5. The van der Waals surface area contributed by atoms with Crippen molar-refractivity contribution < 1.29 is 8.83 Å². The monoisotopic (exact) mass is 627 g/mol. The molecule has 0 saturated heterocycles. The Labute approximate surface area is 282 Å². The minimum absolute atomic E-state index is 0.881. The van der Waals surface area contributed by atoms with Crippen molar-refractivity contribution in [1.29, 1.82) is 0 Å². The molecular formula is C46H29NO2. The summed E-state index contributed by atoms with van der Waals surface area (Å²) in [5.74, 6) is 0. The van der Waals surface area contributed by atoms with E-state index in [0.29, 0.717) is 0 Å². The van der Waals surface area contributed by atoms with Crippen molar-refractivity contribution >= 4 is 71.7 Å². The highest BCUT2D eigenvalue weighted by Crippen LogP contribution is 2.49. The molecule has 0 saturated carbocycles. The predicted octanol–water partition coefficient (Wildman–Crippen LogP) is 13.4. The number of hydrogen-bond acceptors (Lipinski definition) is 3. The largest absolute Gasteiger partial charge is 0.456 e. The summed E-state index contributed by atoms with van der Waals surface area (Å²) in [7, 11) is 0. The maximum atomic E-state index is 6.63. The molecule has 0 amide bonds. The molecule has 0 N–H and O–H groups in total. The summed E-state index contributed by atoms with van der Waals surface area (Å²) < 4.78 is 12.9. The van der Waals surface area contributed by atoms with Crippen LogP contribution < -0.4 is 4.90 Å². The van der Waals surface area contributed by atoms with Gasteiger partial charge >= 0.3 is 0 Å². The number of hydrogen-bond donors (Lipinski definition) is 0. The fraction of sp³-hybridized carbons (Fsp3) is 0. The third kappa shape index (κ3) is 4.37. The van der Waals surface area contributed by atoms with Crippen molar-refractivity contribution in [3.8, 4) is 22.3 Å². The predicted molar refractivity (Wildman–Crippen MR) is 204 cm³/mol. The number of anilines is 3. The van der Waals surface area contributed by atoms with E-state index < -0.39 is 0 Å². The number of benzene rings is 8. The van der Waals surface area contributed by atoms with Gasteiger partial charge in [-0.2, -0.15) is 0 Å². The molecule has 3 nitrogen and oxygen atoms in total. The van der Waals surface area contributed by atoms with E-state index in [4.69, 9.17) is 8.83 Å². The zero-order valence-electron chi connectivity index (χ0n) is 26.5. The zero-order chi connectivity index (χ0) is 32.3. The van der Waals surface area contributed by atoms with E-state index in [2.05, 4.69) is 157 Å². The van der Waals surface area contributed by atoms with Crippen molar-refractivity contribution in [2.24, 2.45) is 0 Å². The van der Waals surface area contributed by atoms with Gasteiger partial charge in [0.05, 0.1) is 5.69 Å². The SMILES string of the molecule is c1ccc(N(c2ccccc2)c2cc(-c3cccc4c3oc3ccccc34)c3ccccc3c2-c2ccc3oc4ccccc4c3c2)cc1. The topological polar surface area (TPSA) is 29.5 Å². The van der Waals surface area contributed by atoms with Gasteiger partial charge in [-0.25, -0.2) is 0 Å². The average molecular weight is 628 g/mol. The molecule has 0 aliphatic rings. The minimum Gasteiger partial charge on any atom is -0.456 e. The van der Waals surface area contributed by atoms with Gasteiger partial charge in [-0.05, 0) is 76.5 Å². The minimum atomic E-state index is 0.881. The molecule has 3 heteroatoms. The zero-order valence-corrected chi connectivity index (χ0v) is 26.5. The Hall–Kier alpha value is -6.58. The summed E-state index contributed by atoms with van der Waals surface area (Å²) in [6.07, 6.45) is 0. The van der Waals surface area contributed by atoms with Gasteiger partial charge in [-0.15, -0.1) is 0 Å². The second-order valence-electron chi connectivity index (χ2n) is 12.5. The number of nitrogens with zero attached hydrogens (tertiary/aromatic N) is 1. The van der Waals surface area contributed by atoms with Gasteiger partial charge in [0.2, 0.25) is 0 Å². The summed E-state index contributed by atoms with van der Waals surface area (Å²) in [6.45, 7) is 0. The van der Waals surface area contributed by atoms with Crippen molar-refractivity contribution in [3.05, 3.63) is 176 Å². The van der Waals surface area contributed by atoms with Gasteiger partial charge in [-0.1, -0.05) is 121 Å². The molecule has 8 aromatic carbocycles. The van der Waals surface area contributed by atoms with Crippen LogP contribution >= 0.6 is 0 Å². The van der Waals surface area contributed by atoms with Crippen molar-refractivity contribution in [2.45, 2.75) is 0 Å². The number of para-hydroxylation sites is 5. The quantitative estimate of drug-likeness (QED) is 0.190. The summed E-state index contributed by atoms with van der Waals surface area (Å²) in [6, 6.07) is 62.1. The van der Waals surface area contributed by atoms with Crippen LogP contribution in [0.3, 0.4) is 0 Å². The van der Waals surface area contributed by atoms with E-state index in [-0.39, 0.29) is 0 Å². The standard InChI is InChI=1S/C46H29NO2/c1-3-14-31(15-4-1)47(32-16-5-2-6-17-32)41-29-39(38-23-13-22-37-34-19-9-12-25-43(34)49-46(37)38)33-18-7-8-21-36(33)45(41)30-26-27-44-40(28-30)35-20-10-11-24-42(35)48-44/h1-29H. The molecule has 0 spiro atoms. The summed E-state index contributed by atoms with van der Waals surface area (Å²) in [4.78, 5) is 2.38. The highest BCUT2D eigenvalue weighted by Gasteiger charge is 2.24. The summed E-state index contributed by atoms with van der Waals surface area (Å²) in [5.41, 5.74) is 11.2. The molecule has 230 valence electrons. The van der Waals surface area contributed by atoms with Crippen molar-refractivity contribution in [1.82, 2.24) is 0 Å². The molecule has 0 radical (unpaired) electrons. The molecule has 10 rings (SSSR count). The van der Waals surface area contributed by atoms with Crippen LogP contribution in [0.15, 0.2) is 185 Å². The average Bonchev–Trinajstić information content (AvgIpc) is 3.74. The molecule has 10 aromatic rings. The molecule has 2 aromatic heterocycles.